The first-order valence-corrected chi connectivity index (χ1v) is 5.87. The molecule has 15 heavy (non-hydrogen) atoms. The maximum Gasteiger partial charge on any atom is 0.173 e. The summed E-state index contributed by atoms with van der Waals surface area (Å²) >= 11 is 1.71. The molecule has 5 heteroatoms. The van der Waals surface area contributed by atoms with E-state index in [0.29, 0.717) is 17.9 Å². The lowest BCUT2D eigenvalue weighted by Gasteiger charge is -2.09. The first kappa shape index (κ1) is 11.7. The predicted octanol–water partition coefficient (Wildman–Crippen LogP) is 1.52. The molecule has 1 rings (SSSR count). The van der Waals surface area contributed by atoms with E-state index < -0.39 is 0 Å². The number of hydrogen-bond acceptors (Lipinski definition) is 4. The van der Waals surface area contributed by atoms with E-state index in [1.54, 1.807) is 23.9 Å². The summed E-state index contributed by atoms with van der Waals surface area (Å²) in [7, 11) is 0. The topological polar surface area (TPSA) is 67.8 Å². The Morgan fingerprint density at radius 2 is 2.27 bits per heavy atom. The van der Waals surface area contributed by atoms with Crippen molar-refractivity contribution in [3.05, 3.63) is 29.8 Å². The average molecular weight is 226 g/mol. The molecule has 4 nitrogen and oxygen atoms in total. The highest BCUT2D eigenvalue weighted by molar-refractivity contribution is 7.98. The molecule has 0 aromatic heterocycles. The van der Waals surface area contributed by atoms with Crippen LogP contribution in [0.25, 0.3) is 0 Å². The molecule has 0 amide bonds. The van der Waals surface area contributed by atoms with Gasteiger partial charge in [0.05, 0.1) is 12.2 Å². The SMILES string of the molecule is CSCCOc1ccccc1/C(N)=N/O. The van der Waals surface area contributed by atoms with Crippen LogP contribution in [0, 0.1) is 0 Å². The molecule has 0 atom stereocenters. The monoisotopic (exact) mass is 226 g/mol. The third-order valence-corrected chi connectivity index (χ3v) is 2.39. The van der Waals surface area contributed by atoms with E-state index in [0.717, 1.165) is 5.75 Å². The number of rotatable bonds is 5. The molecule has 0 bridgehead atoms. The van der Waals surface area contributed by atoms with Crippen molar-refractivity contribution in [1.29, 1.82) is 0 Å². The number of ether oxygens (including phenoxy) is 1. The van der Waals surface area contributed by atoms with Gasteiger partial charge in [-0.3, -0.25) is 0 Å². The van der Waals surface area contributed by atoms with Crippen molar-refractivity contribution in [2.75, 3.05) is 18.6 Å². The van der Waals surface area contributed by atoms with Crippen molar-refractivity contribution >= 4 is 17.6 Å². The fraction of sp³-hybridized carbons (Fsp3) is 0.300. The summed E-state index contributed by atoms with van der Waals surface area (Å²) in [5.74, 6) is 1.61. The van der Waals surface area contributed by atoms with Crippen LogP contribution in [0.1, 0.15) is 5.56 Å². The minimum absolute atomic E-state index is 0.0646. The first-order chi connectivity index (χ1) is 7.29. The van der Waals surface area contributed by atoms with Gasteiger partial charge in [-0.15, -0.1) is 0 Å². The van der Waals surface area contributed by atoms with Crippen molar-refractivity contribution < 1.29 is 9.94 Å². The van der Waals surface area contributed by atoms with E-state index in [1.807, 2.05) is 18.4 Å². The van der Waals surface area contributed by atoms with E-state index in [-0.39, 0.29) is 5.84 Å². The van der Waals surface area contributed by atoms with Gasteiger partial charge in [0, 0.05) is 5.75 Å². The molecule has 0 spiro atoms. The summed E-state index contributed by atoms with van der Waals surface area (Å²) < 4.78 is 5.51. The molecule has 1 aromatic carbocycles. The molecule has 3 N–H and O–H groups in total. The highest BCUT2D eigenvalue weighted by Crippen LogP contribution is 2.17. The third-order valence-electron chi connectivity index (χ3n) is 1.82. The van der Waals surface area contributed by atoms with Crippen molar-refractivity contribution in [3.8, 4) is 5.75 Å². The molecule has 0 aliphatic carbocycles. The van der Waals surface area contributed by atoms with Crippen LogP contribution in [-0.4, -0.2) is 29.7 Å². The Bertz CT molecular complexity index is 342. The van der Waals surface area contributed by atoms with Crippen molar-refractivity contribution in [2.45, 2.75) is 0 Å². The van der Waals surface area contributed by atoms with Gasteiger partial charge in [0.15, 0.2) is 5.84 Å². The number of thioether (sulfide) groups is 1. The number of nitrogens with two attached hydrogens (primary N) is 1. The van der Waals surface area contributed by atoms with Gasteiger partial charge in [-0.1, -0.05) is 17.3 Å². The summed E-state index contributed by atoms with van der Waals surface area (Å²) in [5.41, 5.74) is 6.13. The molecule has 0 radical (unpaired) electrons. The lowest BCUT2D eigenvalue weighted by molar-refractivity contribution is 0.317. The maximum atomic E-state index is 8.59. The highest BCUT2D eigenvalue weighted by atomic mass is 32.2. The number of nitrogens with zero attached hydrogens (tertiary/aromatic N) is 1. The molecule has 0 saturated heterocycles. The van der Waals surface area contributed by atoms with E-state index in [9.17, 15) is 0 Å². The van der Waals surface area contributed by atoms with Crippen LogP contribution < -0.4 is 10.5 Å². The quantitative estimate of drug-likeness (QED) is 0.263. The number of amidine groups is 1. The first-order valence-electron chi connectivity index (χ1n) is 4.48. The zero-order valence-corrected chi connectivity index (χ0v) is 9.33. The van der Waals surface area contributed by atoms with Gasteiger partial charge in [-0.05, 0) is 18.4 Å². The summed E-state index contributed by atoms with van der Waals surface area (Å²) in [4.78, 5) is 0. The summed E-state index contributed by atoms with van der Waals surface area (Å²) in [6.07, 6.45) is 2.01. The maximum absolute atomic E-state index is 8.59. The number of benzene rings is 1. The molecular weight excluding hydrogens is 212 g/mol. The van der Waals surface area contributed by atoms with Gasteiger partial charge in [0.2, 0.25) is 0 Å². The van der Waals surface area contributed by atoms with E-state index in [1.165, 1.54) is 0 Å². The Morgan fingerprint density at radius 1 is 1.53 bits per heavy atom. The highest BCUT2D eigenvalue weighted by Gasteiger charge is 2.06. The molecular formula is C10H14N2O2S. The zero-order valence-electron chi connectivity index (χ0n) is 8.51. The number of oxime groups is 1. The lowest BCUT2D eigenvalue weighted by atomic mass is 10.2. The van der Waals surface area contributed by atoms with Gasteiger partial charge in [0.25, 0.3) is 0 Å². The van der Waals surface area contributed by atoms with Crippen LogP contribution in [0.5, 0.6) is 5.75 Å². The minimum Gasteiger partial charge on any atom is -0.492 e. The number of hydrogen-bond donors (Lipinski definition) is 2. The standard InChI is InChI=1S/C10H14N2O2S/c1-15-7-6-14-9-5-3-2-4-8(9)10(11)12-13/h2-5,13H,6-7H2,1H3,(H2,11,12). The lowest BCUT2D eigenvalue weighted by Crippen LogP contribution is -2.15. The molecule has 0 saturated carbocycles. The van der Waals surface area contributed by atoms with Gasteiger partial charge >= 0.3 is 0 Å². The minimum atomic E-state index is 0.0646. The Balaban J connectivity index is 2.77. The van der Waals surface area contributed by atoms with Crippen LogP contribution in [0.3, 0.4) is 0 Å². The van der Waals surface area contributed by atoms with Crippen molar-refractivity contribution in [2.24, 2.45) is 10.9 Å². The second-order valence-electron chi connectivity index (χ2n) is 2.82. The fourth-order valence-electron chi connectivity index (χ4n) is 1.09. The van der Waals surface area contributed by atoms with Crippen LogP contribution >= 0.6 is 11.8 Å². The smallest absolute Gasteiger partial charge is 0.173 e. The Labute approximate surface area is 93.1 Å². The zero-order chi connectivity index (χ0) is 11.1. The number of para-hydroxylation sites is 1. The van der Waals surface area contributed by atoms with Crippen LogP contribution in [0.2, 0.25) is 0 Å². The molecule has 0 heterocycles. The molecule has 0 aliphatic rings. The Morgan fingerprint density at radius 3 is 2.93 bits per heavy atom. The van der Waals surface area contributed by atoms with E-state index in [4.69, 9.17) is 15.7 Å². The fourth-order valence-corrected chi connectivity index (χ4v) is 1.34. The second kappa shape index (κ2) is 6.19. The molecule has 0 unspecified atom stereocenters. The predicted molar refractivity (Wildman–Crippen MR) is 62.8 cm³/mol. The van der Waals surface area contributed by atoms with Gasteiger partial charge < -0.3 is 15.7 Å². The van der Waals surface area contributed by atoms with E-state index >= 15 is 0 Å². The summed E-state index contributed by atoms with van der Waals surface area (Å²) in [6, 6.07) is 7.22. The van der Waals surface area contributed by atoms with Gasteiger partial charge in [-0.2, -0.15) is 11.8 Å². The average Bonchev–Trinajstić information content (AvgIpc) is 2.29. The van der Waals surface area contributed by atoms with E-state index in [2.05, 4.69) is 5.16 Å². The van der Waals surface area contributed by atoms with Crippen molar-refractivity contribution in [3.63, 3.8) is 0 Å². The summed E-state index contributed by atoms with van der Waals surface area (Å²) in [5, 5.41) is 11.5. The van der Waals surface area contributed by atoms with Gasteiger partial charge in [0.1, 0.15) is 5.75 Å². The second-order valence-corrected chi connectivity index (χ2v) is 3.81. The molecule has 1 aromatic rings. The van der Waals surface area contributed by atoms with Crippen LogP contribution in [0.15, 0.2) is 29.4 Å². The Hall–Kier alpha value is -1.36. The third kappa shape index (κ3) is 3.36. The van der Waals surface area contributed by atoms with Crippen LogP contribution in [0.4, 0.5) is 0 Å². The Kier molecular flexibility index (Phi) is 4.83. The molecule has 0 aliphatic heterocycles. The van der Waals surface area contributed by atoms with Crippen LogP contribution in [-0.2, 0) is 0 Å². The van der Waals surface area contributed by atoms with Crippen molar-refractivity contribution in [1.82, 2.24) is 0 Å². The largest absolute Gasteiger partial charge is 0.492 e. The molecule has 82 valence electrons. The van der Waals surface area contributed by atoms with Gasteiger partial charge in [-0.25, -0.2) is 0 Å². The normalized spacial score (nSPS) is 11.4. The molecule has 0 fully saturated rings. The summed E-state index contributed by atoms with van der Waals surface area (Å²) in [6.45, 7) is 0.608.